The van der Waals surface area contributed by atoms with Gasteiger partial charge in [0, 0.05) is 18.2 Å². The zero-order chi connectivity index (χ0) is 24.1. The maximum atomic E-state index is 13.4. The minimum atomic E-state index is -3.71. The molecule has 0 saturated carbocycles. The molecule has 32 heavy (non-hydrogen) atoms. The third-order valence-corrected chi connectivity index (χ3v) is 6.67. The van der Waals surface area contributed by atoms with E-state index >= 15 is 0 Å². The second kappa shape index (κ2) is 10.4. The van der Waals surface area contributed by atoms with Crippen molar-refractivity contribution in [3.8, 4) is 11.5 Å². The Balaban J connectivity index is 2.36. The van der Waals surface area contributed by atoms with Crippen LogP contribution in [-0.4, -0.2) is 38.1 Å². The molecule has 0 heterocycles. The first kappa shape index (κ1) is 25.7. The second-order valence-electron chi connectivity index (χ2n) is 8.93. The predicted molar refractivity (Wildman–Crippen MR) is 128 cm³/mol. The van der Waals surface area contributed by atoms with Gasteiger partial charge in [0.05, 0.1) is 12.9 Å². The molecule has 1 unspecified atom stereocenters. The summed E-state index contributed by atoms with van der Waals surface area (Å²) in [5.41, 5.74) is 2.55. The Labute approximate surface area is 192 Å². The molecule has 0 saturated heterocycles. The molecule has 2 rings (SSSR count). The highest BCUT2D eigenvalue weighted by atomic mass is 32.2. The topological polar surface area (TPSA) is 72.9 Å². The first-order valence-corrected chi connectivity index (χ1v) is 12.5. The lowest BCUT2D eigenvalue weighted by Gasteiger charge is -2.29. The number of hydrogen-bond donors (Lipinski definition) is 0. The third-order valence-electron chi connectivity index (χ3n) is 5.53. The van der Waals surface area contributed by atoms with Gasteiger partial charge in [-0.05, 0) is 61.1 Å². The molecular weight excluding hydrogens is 426 g/mol. The Morgan fingerprint density at radius 3 is 2.16 bits per heavy atom. The molecule has 0 spiro atoms. The highest BCUT2D eigenvalue weighted by molar-refractivity contribution is 7.87. The van der Waals surface area contributed by atoms with E-state index < -0.39 is 10.1 Å². The van der Waals surface area contributed by atoms with Crippen LogP contribution in [0.2, 0.25) is 0 Å². The van der Waals surface area contributed by atoms with Crippen molar-refractivity contribution >= 4 is 16.0 Å². The van der Waals surface area contributed by atoms with Crippen LogP contribution in [0.4, 0.5) is 0 Å². The number of amides is 1. The van der Waals surface area contributed by atoms with E-state index in [4.69, 9.17) is 8.92 Å². The third kappa shape index (κ3) is 6.48. The van der Waals surface area contributed by atoms with Crippen molar-refractivity contribution in [1.29, 1.82) is 0 Å². The molecular formula is C25H35NO5S. The fourth-order valence-corrected chi connectivity index (χ4v) is 3.73. The average Bonchev–Trinajstić information content (AvgIpc) is 2.76. The number of benzene rings is 2. The number of carbonyl (C=O) groups excluding carboxylic acids is 1. The van der Waals surface area contributed by atoms with Gasteiger partial charge in [-0.2, -0.15) is 8.42 Å². The normalized spacial score (nSPS) is 12.8. The van der Waals surface area contributed by atoms with Crippen molar-refractivity contribution in [1.82, 2.24) is 4.90 Å². The lowest BCUT2D eigenvalue weighted by molar-refractivity contribution is 0.0671. The monoisotopic (exact) mass is 461 g/mol. The van der Waals surface area contributed by atoms with Crippen molar-refractivity contribution in [2.24, 2.45) is 0 Å². The van der Waals surface area contributed by atoms with E-state index in [1.807, 2.05) is 44.2 Å². The molecule has 0 aromatic heterocycles. The van der Waals surface area contributed by atoms with Gasteiger partial charge in [-0.3, -0.25) is 4.79 Å². The second-order valence-corrected chi connectivity index (χ2v) is 10.8. The number of hydrogen-bond acceptors (Lipinski definition) is 5. The zero-order valence-corrected chi connectivity index (χ0v) is 21.0. The molecule has 0 radical (unpaired) electrons. The number of rotatable bonds is 9. The molecule has 2 aromatic carbocycles. The fourth-order valence-electron chi connectivity index (χ4n) is 3.20. The number of nitrogens with zero attached hydrogens (tertiary/aromatic N) is 1. The van der Waals surface area contributed by atoms with E-state index in [1.54, 1.807) is 17.0 Å². The lowest BCUT2D eigenvalue weighted by Crippen LogP contribution is -2.37. The summed E-state index contributed by atoms with van der Waals surface area (Å²) < 4.78 is 34.4. The number of methoxy groups -OCH3 is 1. The molecule has 176 valence electrons. The molecule has 0 aliphatic carbocycles. The molecule has 7 heteroatoms. The summed E-state index contributed by atoms with van der Waals surface area (Å²) in [7, 11) is -2.25. The molecule has 1 atom stereocenters. The molecule has 0 fully saturated rings. The van der Waals surface area contributed by atoms with E-state index in [1.165, 1.54) is 19.6 Å². The molecule has 6 nitrogen and oxygen atoms in total. The van der Waals surface area contributed by atoms with Gasteiger partial charge in [-0.1, -0.05) is 45.9 Å². The molecule has 2 aromatic rings. The number of carbonyl (C=O) groups is 1. The van der Waals surface area contributed by atoms with E-state index in [-0.39, 0.29) is 28.9 Å². The Morgan fingerprint density at radius 2 is 1.66 bits per heavy atom. The first-order valence-electron chi connectivity index (χ1n) is 10.9. The van der Waals surface area contributed by atoms with Crippen LogP contribution in [0.25, 0.3) is 0 Å². The van der Waals surface area contributed by atoms with Crippen LogP contribution in [0.15, 0.2) is 42.5 Å². The minimum absolute atomic E-state index is 0.00404. The van der Waals surface area contributed by atoms with Gasteiger partial charge in [0.25, 0.3) is 5.91 Å². The van der Waals surface area contributed by atoms with Gasteiger partial charge in [0.15, 0.2) is 11.5 Å². The van der Waals surface area contributed by atoms with Crippen molar-refractivity contribution in [3.63, 3.8) is 0 Å². The van der Waals surface area contributed by atoms with Crippen molar-refractivity contribution in [2.75, 3.05) is 12.9 Å². The van der Waals surface area contributed by atoms with Gasteiger partial charge in [0.2, 0.25) is 0 Å². The zero-order valence-electron chi connectivity index (χ0n) is 20.1. The van der Waals surface area contributed by atoms with Crippen LogP contribution < -0.4 is 8.92 Å². The summed E-state index contributed by atoms with van der Waals surface area (Å²) >= 11 is 0. The lowest BCUT2D eigenvalue weighted by atomic mass is 9.86. The van der Waals surface area contributed by atoms with Crippen molar-refractivity contribution < 1.29 is 22.1 Å². The van der Waals surface area contributed by atoms with Gasteiger partial charge in [-0.25, -0.2) is 0 Å². The Hall–Kier alpha value is -2.54. The van der Waals surface area contributed by atoms with Crippen LogP contribution >= 0.6 is 0 Å². The molecule has 0 aliphatic rings. The highest BCUT2D eigenvalue weighted by Gasteiger charge is 2.23. The molecule has 0 N–H and O–H groups in total. The van der Waals surface area contributed by atoms with Crippen molar-refractivity contribution in [3.05, 3.63) is 59.2 Å². The van der Waals surface area contributed by atoms with E-state index in [0.29, 0.717) is 17.9 Å². The smallest absolute Gasteiger partial charge is 0.309 e. The summed E-state index contributed by atoms with van der Waals surface area (Å²) in [6.07, 6.45) is 0.787. The van der Waals surface area contributed by atoms with Gasteiger partial charge in [0.1, 0.15) is 0 Å². The maximum absolute atomic E-state index is 13.4. The Bertz CT molecular complexity index is 1020. The standard InChI is InChI=1S/C25H35NO5S/c1-8-18(3)26(24(27)20-11-13-21(14-12-20)25(4,5)6)17-19-10-15-22(30-7)23(16-19)31-32(28,29)9-2/h10-16,18H,8-9,17H2,1-7H3. The maximum Gasteiger partial charge on any atom is 0.309 e. The van der Waals surface area contributed by atoms with Crippen LogP contribution in [0.3, 0.4) is 0 Å². The molecule has 1 amide bonds. The average molecular weight is 462 g/mol. The molecule has 0 aliphatic heterocycles. The van der Waals surface area contributed by atoms with Crippen LogP contribution in [0, 0.1) is 0 Å². The van der Waals surface area contributed by atoms with Gasteiger partial charge >= 0.3 is 10.1 Å². The Kier molecular flexibility index (Phi) is 8.35. The SMILES string of the molecule is CCC(C)N(Cc1ccc(OC)c(OS(=O)(=O)CC)c1)C(=O)c1ccc(C(C)(C)C)cc1. The summed E-state index contributed by atoms with van der Waals surface area (Å²) in [5, 5.41) is 0. The first-order chi connectivity index (χ1) is 14.9. The number of ether oxygens (including phenoxy) is 1. The van der Waals surface area contributed by atoms with Crippen LogP contribution in [0.5, 0.6) is 11.5 Å². The van der Waals surface area contributed by atoms with Gasteiger partial charge < -0.3 is 13.8 Å². The summed E-state index contributed by atoms with van der Waals surface area (Å²) in [5.74, 6) is 0.227. The summed E-state index contributed by atoms with van der Waals surface area (Å²) in [4.78, 5) is 15.2. The van der Waals surface area contributed by atoms with Gasteiger partial charge in [-0.15, -0.1) is 0 Å². The van der Waals surface area contributed by atoms with E-state index in [0.717, 1.165) is 12.0 Å². The van der Waals surface area contributed by atoms with Crippen LogP contribution in [0.1, 0.15) is 69.4 Å². The van der Waals surface area contributed by atoms with E-state index in [9.17, 15) is 13.2 Å². The minimum Gasteiger partial charge on any atom is -0.493 e. The largest absolute Gasteiger partial charge is 0.493 e. The summed E-state index contributed by atoms with van der Waals surface area (Å²) in [6.45, 7) is 12.3. The summed E-state index contributed by atoms with van der Waals surface area (Å²) in [6, 6.07) is 12.8. The van der Waals surface area contributed by atoms with Crippen molar-refractivity contribution in [2.45, 2.75) is 66.0 Å². The fraction of sp³-hybridized carbons (Fsp3) is 0.480. The van der Waals surface area contributed by atoms with Crippen LogP contribution in [-0.2, 0) is 22.1 Å². The highest BCUT2D eigenvalue weighted by Crippen LogP contribution is 2.31. The molecule has 0 bridgehead atoms. The predicted octanol–water partition coefficient (Wildman–Crippen LogP) is 5.16. The van der Waals surface area contributed by atoms with E-state index in [2.05, 4.69) is 20.8 Å². The Morgan fingerprint density at radius 1 is 1.03 bits per heavy atom. The quantitative estimate of drug-likeness (QED) is 0.482.